The summed E-state index contributed by atoms with van der Waals surface area (Å²) in [7, 11) is -3.43. The second-order valence-electron chi connectivity index (χ2n) is 4.39. The molecule has 2 rings (SSSR count). The number of halogens is 1. The second kappa shape index (κ2) is 6.35. The third kappa shape index (κ3) is 3.45. The molecule has 1 saturated heterocycles. The second-order valence-corrected chi connectivity index (χ2v) is 6.33. The number of rotatable bonds is 3. The summed E-state index contributed by atoms with van der Waals surface area (Å²) < 4.78 is 25.9. The lowest BCUT2D eigenvalue weighted by molar-refractivity contribution is 0.472. The van der Waals surface area contributed by atoms with E-state index in [4.69, 9.17) is 11.0 Å². The Kier molecular flexibility index (Phi) is 5.32. The predicted octanol–water partition coefficient (Wildman–Crippen LogP) is 0.896. The van der Waals surface area contributed by atoms with Gasteiger partial charge in [0, 0.05) is 19.1 Å². The number of hydrogen-bond acceptors (Lipinski definition) is 4. The molecule has 1 aliphatic heterocycles. The van der Waals surface area contributed by atoms with Gasteiger partial charge >= 0.3 is 0 Å². The van der Waals surface area contributed by atoms with Crippen molar-refractivity contribution < 1.29 is 8.42 Å². The first kappa shape index (κ1) is 15.9. The highest BCUT2D eigenvalue weighted by atomic mass is 35.5. The Bertz CT molecular complexity index is 566. The molecule has 104 valence electrons. The zero-order valence-corrected chi connectivity index (χ0v) is 12.0. The SMILES string of the molecule is Cl.N#CCc1ccc(S(=O)(=O)N2CC[C@@H](N)C2)cc1. The molecule has 1 heterocycles. The third-order valence-electron chi connectivity index (χ3n) is 3.03. The van der Waals surface area contributed by atoms with E-state index < -0.39 is 10.0 Å². The van der Waals surface area contributed by atoms with Gasteiger partial charge in [-0.1, -0.05) is 12.1 Å². The molecule has 0 unspecified atom stereocenters. The minimum absolute atomic E-state index is 0. The van der Waals surface area contributed by atoms with Crippen molar-refractivity contribution in [1.29, 1.82) is 5.26 Å². The summed E-state index contributed by atoms with van der Waals surface area (Å²) in [4.78, 5) is 0.262. The molecule has 0 aromatic heterocycles. The van der Waals surface area contributed by atoms with Gasteiger partial charge < -0.3 is 5.73 Å². The Hall–Kier alpha value is -1.13. The van der Waals surface area contributed by atoms with Gasteiger partial charge in [-0.3, -0.25) is 0 Å². The fourth-order valence-electron chi connectivity index (χ4n) is 1.99. The molecule has 0 aliphatic carbocycles. The Labute approximate surface area is 119 Å². The van der Waals surface area contributed by atoms with Crippen molar-refractivity contribution in [2.45, 2.75) is 23.8 Å². The standard InChI is InChI=1S/C12H15N3O2S.ClH/c13-7-5-10-1-3-12(4-2-10)18(16,17)15-8-6-11(14)9-15;/h1-4,11H,5-6,8-9,14H2;1H/t11-;/m1./s1. The Morgan fingerprint density at radius 3 is 2.47 bits per heavy atom. The van der Waals surface area contributed by atoms with E-state index in [1.165, 1.54) is 4.31 Å². The summed E-state index contributed by atoms with van der Waals surface area (Å²) >= 11 is 0. The van der Waals surface area contributed by atoms with E-state index in [9.17, 15) is 8.42 Å². The van der Waals surface area contributed by atoms with Crippen LogP contribution >= 0.6 is 12.4 Å². The van der Waals surface area contributed by atoms with E-state index in [0.29, 0.717) is 19.5 Å². The molecule has 0 bridgehead atoms. The van der Waals surface area contributed by atoms with Crippen LogP contribution in [0, 0.1) is 11.3 Å². The van der Waals surface area contributed by atoms with Crippen LogP contribution < -0.4 is 5.73 Å². The zero-order valence-electron chi connectivity index (χ0n) is 10.3. The summed E-state index contributed by atoms with van der Waals surface area (Å²) in [6.45, 7) is 0.853. The fraction of sp³-hybridized carbons (Fsp3) is 0.417. The molecular formula is C12H16ClN3O2S. The molecule has 0 spiro atoms. The van der Waals surface area contributed by atoms with Crippen LogP contribution in [0.15, 0.2) is 29.2 Å². The van der Waals surface area contributed by atoms with Crippen LogP contribution in [0.25, 0.3) is 0 Å². The molecule has 19 heavy (non-hydrogen) atoms. The molecule has 1 aromatic carbocycles. The van der Waals surface area contributed by atoms with Gasteiger partial charge in [-0.25, -0.2) is 8.42 Å². The van der Waals surface area contributed by atoms with Crippen LogP contribution in [0.5, 0.6) is 0 Å². The molecule has 7 heteroatoms. The summed E-state index contributed by atoms with van der Waals surface area (Å²) in [5.41, 5.74) is 6.54. The lowest BCUT2D eigenvalue weighted by Crippen LogP contribution is -2.31. The summed E-state index contributed by atoms with van der Waals surface area (Å²) in [5, 5.41) is 8.56. The first-order chi connectivity index (χ1) is 8.54. The maximum atomic E-state index is 12.3. The van der Waals surface area contributed by atoms with Gasteiger partial charge in [0.2, 0.25) is 10.0 Å². The lowest BCUT2D eigenvalue weighted by atomic mass is 10.2. The van der Waals surface area contributed by atoms with Crippen molar-refractivity contribution in [2.75, 3.05) is 13.1 Å². The van der Waals surface area contributed by atoms with E-state index in [2.05, 4.69) is 0 Å². The van der Waals surface area contributed by atoms with Crippen molar-refractivity contribution in [2.24, 2.45) is 5.73 Å². The van der Waals surface area contributed by atoms with E-state index in [-0.39, 0.29) is 29.8 Å². The number of nitriles is 1. The minimum atomic E-state index is -3.43. The fourth-order valence-corrected chi connectivity index (χ4v) is 3.50. The van der Waals surface area contributed by atoms with Crippen LogP contribution in [0.1, 0.15) is 12.0 Å². The van der Waals surface area contributed by atoms with Crippen LogP contribution in [-0.2, 0) is 16.4 Å². The first-order valence-electron chi connectivity index (χ1n) is 5.75. The van der Waals surface area contributed by atoms with Crippen LogP contribution in [0.4, 0.5) is 0 Å². The van der Waals surface area contributed by atoms with Gasteiger partial charge in [-0.15, -0.1) is 12.4 Å². The first-order valence-corrected chi connectivity index (χ1v) is 7.19. The Balaban J connectivity index is 0.00000180. The largest absolute Gasteiger partial charge is 0.326 e. The van der Waals surface area contributed by atoms with Crippen molar-refractivity contribution in [3.63, 3.8) is 0 Å². The Morgan fingerprint density at radius 2 is 2.00 bits per heavy atom. The lowest BCUT2D eigenvalue weighted by Gasteiger charge is -2.15. The van der Waals surface area contributed by atoms with Crippen LogP contribution in [0.2, 0.25) is 0 Å². The maximum Gasteiger partial charge on any atom is 0.243 e. The van der Waals surface area contributed by atoms with Crippen molar-refractivity contribution in [3.05, 3.63) is 29.8 Å². The van der Waals surface area contributed by atoms with Gasteiger partial charge in [-0.05, 0) is 24.1 Å². The summed E-state index contributed by atoms with van der Waals surface area (Å²) in [5.74, 6) is 0. The summed E-state index contributed by atoms with van der Waals surface area (Å²) in [6, 6.07) is 8.40. The van der Waals surface area contributed by atoms with Crippen molar-refractivity contribution in [3.8, 4) is 6.07 Å². The molecule has 1 aliphatic rings. The number of benzene rings is 1. The number of sulfonamides is 1. The van der Waals surface area contributed by atoms with Gasteiger partial charge in [0.05, 0.1) is 17.4 Å². The maximum absolute atomic E-state index is 12.3. The molecule has 1 atom stereocenters. The molecule has 2 N–H and O–H groups in total. The van der Waals surface area contributed by atoms with E-state index in [0.717, 1.165) is 5.56 Å². The molecular weight excluding hydrogens is 286 g/mol. The minimum Gasteiger partial charge on any atom is -0.326 e. The Morgan fingerprint density at radius 1 is 1.37 bits per heavy atom. The van der Waals surface area contributed by atoms with E-state index >= 15 is 0 Å². The number of nitrogens with zero attached hydrogens (tertiary/aromatic N) is 2. The van der Waals surface area contributed by atoms with Crippen molar-refractivity contribution >= 4 is 22.4 Å². The zero-order chi connectivity index (χ0) is 13.2. The van der Waals surface area contributed by atoms with Gasteiger partial charge in [0.1, 0.15) is 0 Å². The monoisotopic (exact) mass is 301 g/mol. The van der Waals surface area contributed by atoms with Gasteiger partial charge in [-0.2, -0.15) is 9.57 Å². The highest BCUT2D eigenvalue weighted by Crippen LogP contribution is 2.20. The quantitative estimate of drug-likeness (QED) is 0.898. The van der Waals surface area contributed by atoms with Gasteiger partial charge in [0.25, 0.3) is 0 Å². The number of hydrogen-bond donors (Lipinski definition) is 1. The predicted molar refractivity (Wildman–Crippen MR) is 74.4 cm³/mol. The molecule has 1 fully saturated rings. The normalized spacial score (nSPS) is 19.7. The van der Waals surface area contributed by atoms with Crippen LogP contribution in [0.3, 0.4) is 0 Å². The van der Waals surface area contributed by atoms with Crippen molar-refractivity contribution in [1.82, 2.24) is 4.31 Å². The van der Waals surface area contributed by atoms with E-state index in [1.54, 1.807) is 24.3 Å². The molecule has 5 nitrogen and oxygen atoms in total. The smallest absolute Gasteiger partial charge is 0.243 e. The summed E-state index contributed by atoms with van der Waals surface area (Å²) in [6.07, 6.45) is 0.987. The average Bonchev–Trinajstić information content (AvgIpc) is 2.78. The molecule has 0 amide bonds. The molecule has 0 saturated carbocycles. The highest BCUT2D eigenvalue weighted by Gasteiger charge is 2.30. The molecule has 1 aromatic rings. The highest BCUT2D eigenvalue weighted by molar-refractivity contribution is 7.89. The van der Waals surface area contributed by atoms with Gasteiger partial charge in [0.15, 0.2) is 0 Å². The molecule has 0 radical (unpaired) electrons. The average molecular weight is 302 g/mol. The number of nitrogens with two attached hydrogens (primary N) is 1. The van der Waals surface area contributed by atoms with E-state index in [1.807, 2.05) is 6.07 Å². The topological polar surface area (TPSA) is 87.2 Å². The third-order valence-corrected chi connectivity index (χ3v) is 4.91. The van der Waals surface area contributed by atoms with Crippen LogP contribution in [-0.4, -0.2) is 31.9 Å².